The van der Waals surface area contributed by atoms with Gasteiger partial charge in [-0.15, -0.1) is 0 Å². The number of nitrogens with zero attached hydrogens (tertiary/aromatic N) is 3. The second-order valence-electron chi connectivity index (χ2n) is 10.5. The maximum Gasteiger partial charge on any atom is 0.318 e. The van der Waals surface area contributed by atoms with Crippen LogP contribution in [0, 0.1) is 0 Å². The topological polar surface area (TPSA) is 107 Å². The lowest BCUT2D eigenvalue weighted by Gasteiger charge is -2.29. The number of amides is 3. The standard InChI is InChI=1S/C29H37N5O5/c1-29(2,3)32-28(36)33(17-24-7-6-16-39-24)19-26(35)31-27-30-25(20-8-12-22(37-4)13-9-20)18-34(27)21-10-14-23(38-5)15-11-21/h8-15,18,24H,6-7,16-17,19H2,1-5H3,(H,32,36)(H,30,31,35)/t24-/m1/s1. The van der Waals surface area contributed by atoms with Crippen LogP contribution in [-0.4, -0.2) is 71.9 Å². The summed E-state index contributed by atoms with van der Waals surface area (Å²) < 4.78 is 18.1. The fraction of sp³-hybridized carbons (Fsp3) is 0.414. The average molecular weight is 536 g/mol. The van der Waals surface area contributed by atoms with Gasteiger partial charge in [0.25, 0.3) is 0 Å². The zero-order valence-corrected chi connectivity index (χ0v) is 23.2. The number of urea groups is 1. The predicted octanol–water partition coefficient (Wildman–Crippen LogP) is 4.48. The number of aromatic nitrogens is 2. The molecule has 10 nitrogen and oxygen atoms in total. The number of methoxy groups -OCH3 is 2. The highest BCUT2D eigenvalue weighted by atomic mass is 16.5. The number of hydrogen-bond acceptors (Lipinski definition) is 6. The minimum atomic E-state index is -0.444. The molecule has 1 saturated heterocycles. The Morgan fingerprint density at radius 2 is 1.69 bits per heavy atom. The van der Waals surface area contributed by atoms with Crippen LogP contribution in [0.1, 0.15) is 33.6 Å². The van der Waals surface area contributed by atoms with E-state index in [2.05, 4.69) is 10.6 Å². The molecule has 1 aromatic heterocycles. The predicted molar refractivity (Wildman–Crippen MR) is 150 cm³/mol. The fourth-order valence-electron chi connectivity index (χ4n) is 4.30. The van der Waals surface area contributed by atoms with Crippen LogP contribution < -0.4 is 20.1 Å². The van der Waals surface area contributed by atoms with Crippen molar-refractivity contribution in [2.75, 3.05) is 39.2 Å². The molecule has 0 radical (unpaired) electrons. The first-order valence-electron chi connectivity index (χ1n) is 13.0. The number of anilines is 1. The quantitative estimate of drug-likeness (QED) is 0.418. The summed E-state index contributed by atoms with van der Waals surface area (Å²) >= 11 is 0. The molecule has 10 heteroatoms. The van der Waals surface area contributed by atoms with Gasteiger partial charge in [0.2, 0.25) is 11.9 Å². The first-order valence-corrected chi connectivity index (χ1v) is 13.0. The minimum Gasteiger partial charge on any atom is -0.497 e. The number of imidazole rings is 1. The van der Waals surface area contributed by atoms with Gasteiger partial charge in [-0.3, -0.25) is 14.7 Å². The zero-order valence-electron chi connectivity index (χ0n) is 23.2. The van der Waals surface area contributed by atoms with Gasteiger partial charge in [-0.25, -0.2) is 9.78 Å². The first-order chi connectivity index (χ1) is 18.6. The lowest BCUT2D eigenvalue weighted by atomic mass is 10.1. The third-order valence-corrected chi connectivity index (χ3v) is 6.25. The highest BCUT2D eigenvalue weighted by molar-refractivity contribution is 5.93. The molecule has 1 atom stereocenters. The SMILES string of the molecule is COc1ccc(-c2cn(-c3ccc(OC)cc3)c(NC(=O)CN(C[C@H]3CCCO3)C(=O)NC(C)(C)C)n2)cc1. The Morgan fingerprint density at radius 1 is 1.05 bits per heavy atom. The zero-order chi connectivity index (χ0) is 28.0. The van der Waals surface area contributed by atoms with Crippen molar-refractivity contribution in [3.05, 3.63) is 54.7 Å². The monoisotopic (exact) mass is 535 g/mol. The van der Waals surface area contributed by atoms with Crippen molar-refractivity contribution >= 4 is 17.9 Å². The molecule has 0 aliphatic carbocycles. The van der Waals surface area contributed by atoms with Gasteiger partial charge in [0, 0.05) is 36.1 Å². The van der Waals surface area contributed by atoms with Crippen molar-refractivity contribution < 1.29 is 23.8 Å². The number of nitrogens with one attached hydrogen (secondary N) is 2. The van der Waals surface area contributed by atoms with Crippen LogP contribution in [0.4, 0.5) is 10.7 Å². The van der Waals surface area contributed by atoms with Crippen molar-refractivity contribution in [1.82, 2.24) is 19.8 Å². The van der Waals surface area contributed by atoms with Crippen LogP contribution in [0.25, 0.3) is 16.9 Å². The Kier molecular flexibility index (Phi) is 8.75. The van der Waals surface area contributed by atoms with Crippen LogP contribution in [0.3, 0.4) is 0 Å². The summed E-state index contributed by atoms with van der Waals surface area (Å²) in [7, 11) is 3.22. The summed E-state index contributed by atoms with van der Waals surface area (Å²) in [6.45, 7) is 6.57. The van der Waals surface area contributed by atoms with Gasteiger partial charge in [0.15, 0.2) is 0 Å². The second-order valence-corrected chi connectivity index (χ2v) is 10.5. The number of hydrogen-bond donors (Lipinski definition) is 2. The molecule has 0 unspecified atom stereocenters. The maximum absolute atomic E-state index is 13.3. The molecule has 1 fully saturated rings. The normalized spacial score (nSPS) is 15.1. The molecule has 3 amide bonds. The number of benzene rings is 2. The molecule has 0 saturated carbocycles. The average Bonchev–Trinajstić information content (AvgIpc) is 3.57. The highest BCUT2D eigenvalue weighted by Crippen LogP contribution is 2.27. The van der Waals surface area contributed by atoms with Gasteiger partial charge < -0.3 is 24.4 Å². The molecule has 1 aliphatic rings. The minimum absolute atomic E-state index is 0.0912. The summed E-state index contributed by atoms with van der Waals surface area (Å²) in [5, 5.41) is 5.87. The number of rotatable bonds is 9. The van der Waals surface area contributed by atoms with E-state index in [9.17, 15) is 9.59 Å². The van der Waals surface area contributed by atoms with E-state index >= 15 is 0 Å². The van der Waals surface area contributed by atoms with E-state index in [1.54, 1.807) is 18.8 Å². The summed E-state index contributed by atoms with van der Waals surface area (Å²) in [5.41, 5.74) is 1.88. The Balaban J connectivity index is 1.59. The van der Waals surface area contributed by atoms with Gasteiger partial charge in [0.1, 0.15) is 18.0 Å². The molecule has 2 heterocycles. The van der Waals surface area contributed by atoms with Crippen molar-refractivity contribution in [2.45, 2.75) is 45.3 Å². The second kappa shape index (κ2) is 12.2. The maximum atomic E-state index is 13.3. The molecule has 0 bridgehead atoms. The van der Waals surface area contributed by atoms with E-state index in [0.717, 1.165) is 35.6 Å². The summed E-state index contributed by atoms with van der Waals surface area (Å²) in [6, 6.07) is 14.7. The van der Waals surface area contributed by atoms with Gasteiger partial charge in [-0.1, -0.05) is 0 Å². The number of carbonyl (C=O) groups excluding carboxylic acids is 2. The van der Waals surface area contributed by atoms with Crippen molar-refractivity contribution in [3.8, 4) is 28.4 Å². The fourth-order valence-corrected chi connectivity index (χ4v) is 4.30. The summed E-state index contributed by atoms with van der Waals surface area (Å²) in [4.78, 5) is 32.6. The summed E-state index contributed by atoms with van der Waals surface area (Å²) in [5.74, 6) is 1.43. The Morgan fingerprint density at radius 3 is 2.26 bits per heavy atom. The Bertz CT molecular complexity index is 1260. The number of ether oxygens (including phenoxy) is 3. The van der Waals surface area contributed by atoms with Gasteiger partial charge in [-0.2, -0.15) is 0 Å². The van der Waals surface area contributed by atoms with E-state index in [4.69, 9.17) is 19.2 Å². The van der Waals surface area contributed by atoms with Crippen LogP contribution in [0.2, 0.25) is 0 Å². The van der Waals surface area contributed by atoms with Gasteiger partial charge in [-0.05, 0) is 82.1 Å². The first kappa shape index (κ1) is 28.0. The molecular weight excluding hydrogens is 498 g/mol. The van der Waals surface area contributed by atoms with Crippen molar-refractivity contribution in [1.29, 1.82) is 0 Å². The van der Waals surface area contributed by atoms with Crippen molar-refractivity contribution in [2.24, 2.45) is 0 Å². The molecule has 208 valence electrons. The van der Waals surface area contributed by atoms with Crippen molar-refractivity contribution in [3.63, 3.8) is 0 Å². The molecule has 2 N–H and O–H groups in total. The Hall–Kier alpha value is -4.05. The van der Waals surface area contributed by atoms with E-state index in [0.29, 0.717) is 24.8 Å². The highest BCUT2D eigenvalue weighted by Gasteiger charge is 2.27. The molecule has 3 aromatic rings. The molecular formula is C29H37N5O5. The third kappa shape index (κ3) is 7.51. The lowest BCUT2D eigenvalue weighted by Crippen LogP contribution is -2.52. The van der Waals surface area contributed by atoms with Crippen LogP contribution in [0.15, 0.2) is 54.7 Å². The molecule has 4 rings (SSSR count). The molecule has 2 aromatic carbocycles. The smallest absolute Gasteiger partial charge is 0.318 e. The van der Waals surface area contributed by atoms with E-state index < -0.39 is 5.54 Å². The lowest BCUT2D eigenvalue weighted by molar-refractivity contribution is -0.117. The summed E-state index contributed by atoms with van der Waals surface area (Å²) in [6.07, 6.45) is 3.56. The number of carbonyl (C=O) groups is 2. The molecule has 39 heavy (non-hydrogen) atoms. The molecule has 0 spiro atoms. The molecule has 1 aliphatic heterocycles. The van der Waals surface area contributed by atoms with E-state index in [1.165, 1.54) is 4.90 Å². The third-order valence-electron chi connectivity index (χ3n) is 6.25. The van der Waals surface area contributed by atoms with Crippen LogP contribution in [-0.2, 0) is 9.53 Å². The van der Waals surface area contributed by atoms with E-state index in [1.807, 2.05) is 75.5 Å². The van der Waals surface area contributed by atoms with E-state index in [-0.39, 0.29) is 24.6 Å². The Labute approximate surface area is 229 Å². The largest absolute Gasteiger partial charge is 0.497 e. The van der Waals surface area contributed by atoms with Gasteiger partial charge in [0.05, 0.1) is 26.0 Å². The van der Waals surface area contributed by atoms with Gasteiger partial charge >= 0.3 is 6.03 Å². The van der Waals surface area contributed by atoms with Crippen LogP contribution >= 0.6 is 0 Å². The van der Waals surface area contributed by atoms with Crippen LogP contribution in [0.5, 0.6) is 11.5 Å².